The van der Waals surface area contributed by atoms with Crippen LogP contribution in [0.4, 0.5) is 13.2 Å². The molecule has 0 heterocycles. The number of rotatable bonds is 0. The zero-order chi connectivity index (χ0) is 8.48. The number of halogens is 4. The maximum absolute atomic E-state index is 11.9. The first-order valence-corrected chi connectivity index (χ1v) is 2.99. The van der Waals surface area contributed by atoms with E-state index in [0.29, 0.717) is 5.56 Å². The predicted octanol–water partition coefficient (Wildman–Crippen LogP) is 3.46. The smallest absolute Gasteiger partial charge is 0.199 e. The van der Waals surface area contributed by atoms with E-state index >= 15 is 0 Å². The normalized spacial score (nSPS) is 9.77. The van der Waals surface area contributed by atoms with Crippen molar-refractivity contribution in [3.63, 3.8) is 0 Å². The van der Waals surface area contributed by atoms with Crippen molar-refractivity contribution in [2.45, 2.75) is 6.18 Å². The van der Waals surface area contributed by atoms with Crippen LogP contribution in [0.15, 0.2) is 24.3 Å². The van der Waals surface area contributed by atoms with Gasteiger partial charge in [-0.2, -0.15) is 37.8 Å². The van der Waals surface area contributed by atoms with Gasteiger partial charge in [0, 0.05) is 19.5 Å². The van der Waals surface area contributed by atoms with E-state index in [1.54, 1.807) is 0 Å². The zero-order valence-electron chi connectivity index (χ0n) is 6.77. The molecule has 5 heteroatoms. The molecule has 0 N–H and O–H groups in total. The molecule has 0 aliphatic heterocycles. The van der Waals surface area contributed by atoms with Crippen LogP contribution < -0.4 is 0 Å². The van der Waals surface area contributed by atoms with Crippen molar-refractivity contribution in [3.05, 3.63) is 42.3 Å². The molecular weight excluding hydrogens is 298 g/mol. The Morgan fingerprint density at radius 3 is 2.00 bits per heavy atom. The summed E-state index contributed by atoms with van der Waals surface area (Å²) >= 11 is 0. The minimum absolute atomic E-state index is 0. The van der Waals surface area contributed by atoms with Crippen LogP contribution in [0, 0.1) is 6.92 Å². The molecule has 0 bridgehead atoms. The van der Waals surface area contributed by atoms with E-state index in [2.05, 4.69) is 6.92 Å². The van der Waals surface area contributed by atoms with Crippen molar-refractivity contribution in [2.75, 3.05) is 0 Å². The average molecular weight is 305 g/mol. The van der Waals surface area contributed by atoms with Crippen LogP contribution >= 0.6 is 17.0 Å². The molecule has 0 saturated carbocycles. The summed E-state index contributed by atoms with van der Waals surface area (Å²) in [6.07, 6.45) is -4.26. The molecule has 0 nitrogen and oxygen atoms in total. The van der Waals surface area contributed by atoms with E-state index in [0.717, 1.165) is 12.1 Å². The molecule has 0 aliphatic carbocycles. The largest absolute Gasteiger partial charge is 0.405 e. The molecule has 0 atom stereocenters. The van der Waals surface area contributed by atoms with Crippen LogP contribution in [0.25, 0.3) is 0 Å². The van der Waals surface area contributed by atoms with Gasteiger partial charge in [0.05, 0.1) is 0 Å². The van der Waals surface area contributed by atoms with Gasteiger partial charge in [0.15, 0.2) is 0 Å². The second kappa shape index (κ2) is 5.66. The Balaban J connectivity index is 0. The van der Waals surface area contributed by atoms with Crippen molar-refractivity contribution in [1.82, 2.24) is 0 Å². The molecular formula is C8H7BrF3Zn-. The quantitative estimate of drug-likeness (QED) is 0.509. The second-order valence-electron chi connectivity index (χ2n) is 2.20. The van der Waals surface area contributed by atoms with Gasteiger partial charge in [-0.05, 0) is 5.56 Å². The van der Waals surface area contributed by atoms with Gasteiger partial charge in [-0.25, -0.2) is 0 Å². The Labute approximate surface area is 98.1 Å². The second-order valence-corrected chi connectivity index (χ2v) is 2.20. The van der Waals surface area contributed by atoms with Crippen LogP contribution in [0.5, 0.6) is 0 Å². The number of hydrogen-bond acceptors (Lipinski definition) is 0. The van der Waals surface area contributed by atoms with Gasteiger partial charge in [0.25, 0.3) is 0 Å². The van der Waals surface area contributed by atoms with Crippen molar-refractivity contribution in [1.29, 1.82) is 0 Å². The van der Waals surface area contributed by atoms with Gasteiger partial charge in [-0.3, -0.25) is 0 Å². The van der Waals surface area contributed by atoms with E-state index in [9.17, 15) is 13.2 Å². The summed E-state index contributed by atoms with van der Waals surface area (Å²) in [5.41, 5.74) is -0.273. The molecule has 70 valence electrons. The van der Waals surface area contributed by atoms with E-state index < -0.39 is 11.7 Å². The molecule has 0 unspecified atom stereocenters. The zero-order valence-corrected chi connectivity index (χ0v) is 11.4. The summed E-state index contributed by atoms with van der Waals surface area (Å²) < 4.78 is 35.8. The molecule has 0 spiro atoms. The van der Waals surface area contributed by atoms with Gasteiger partial charge in [0.2, 0.25) is 0 Å². The molecule has 0 fully saturated rings. The van der Waals surface area contributed by atoms with E-state index in [1.165, 1.54) is 12.1 Å². The molecule has 1 aromatic carbocycles. The Kier molecular flexibility index (Phi) is 6.73. The van der Waals surface area contributed by atoms with Crippen molar-refractivity contribution >= 4 is 17.0 Å². The van der Waals surface area contributed by atoms with Gasteiger partial charge < -0.3 is 0 Å². The summed E-state index contributed by atoms with van der Waals surface area (Å²) in [5, 5.41) is 0. The molecule has 1 aromatic rings. The van der Waals surface area contributed by atoms with Gasteiger partial charge in [-0.15, -0.1) is 23.0 Å². The average Bonchev–Trinajstić information content (AvgIpc) is 1.86. The minimum atomic E-state index is -4.26. The Hall–Kier alpha value is -0.0166. The molecule has 0 amide bonds. The topological polar surface area (TPSA) is 0 Å². The van der Waals surface area contributed by atoms with Crippen molar-refractivity contribution in [3.8, 4) is 0 Å². The van der Waals surface area contributed by atoms with E-state index in [1.807, 2.05) is 0 Å². The molecule has 0 radical (unpaired) electrons. The van der Waals surface area contributed by atoms with Crippen LogP contribution in [-0.2, 0) is 25.7 Å². The third-order valence-corrected chi connectivity index (χ3v) is 1.25. The predicted molar refractivity (Wildman–Crippen MR) is 46.2 cm³/mol. The molecule has 0 aliphatic rings. The molecule has 1 rings (SSSR count). The summed E-state index contributed by atoms with van der Waals surface area (Å²) in [7, 11) is 0. The molecule has 0 aromatic heterocycles. The van der Waals surface area contributed by atoms with Crippen LogP contribution in [-0.4, -0.2) is 0 Å². The minimum Gasteiger partial charge on any atom is -0.199 e. The third kappa shape index (κ3) is 4.68. The van der Waals surface area contributed by atoms with E-state index in [4.69, 9.17) is 0 Å². The maximum atomic E-state index is 11.9. The summed E-state index contributed by atoms with van der Waals surface area (Å²) in [4.78, 5) is 0. The van der Waals surface area contributed by atoms with Gasteiger partial charge in [-0.1, -0.05) is 6.07 Å². The fourth-order valence-corrected chi connectivity index (χ4v) is 0.748. The van der Waals surface area contributed by atoms with Crippen LogP contribution in [0.3, 0.4) is 0 Å². The number of hydrogen-bond donors (Lipinski definition) is 0. The first-order valence-electron chi connectivity index (χ1n) is 2.99. The van der Waals surface area contributed by atoms with Crippen molar-refractivity contribution in [2.24, 2.45) is 0 Å². The van der Waals surface area contributed by atoms with Crippen LogP contribution in [0.1, 0.15) is 11.1 Å². The molecule has 0 saturated heterocycles. The monoisotopic (exact) mass is 303 g/mol. The SMILES string of the molecule is Br.[CH2-]c1cccc(C(F)(F)F)c1.[Zn]. The summed E-state index contributed by atoms with van der Waals surface area (Å²) in [5.74, 6) is 0. The standard InChI is InChI=1S/C8H6F3.BrH.Zn/c1-6-3-2-4-7(5-6)8(9,10)11;;/h2-5H,1H2;1H;/q-1;;. The number of benzene rings is 1. The first kappa shape index (κ1) is 15.5. The number of alkyl halides is 3. The van der Waals surface area contributed by atoms with Gasteiger partial charge >= 0.3 is 6.18 Å². The third-order valence-electron chi connectivity index (χ3n) is 1.25. The van der Waals surface area contributed by atoms with Crippen molar-refractivity contribution < 1.29 is 32.6 Å². The van der Waals surface area contributed by atoms with Gasteiger partial charge in [0.1, 0.15) is 0 Å². The Morgan fingerprint density at radius 2 is 1.69 bits per heavy atom. The first-order chi connectivity index (χ1) is 5.00. The van der Waals surface area contributed by atoms with E-state index in [-0.39, 0.29) is 36.5 Å². The Morgan fingerprint density at radius 1 is 1.15 bits per heavy atom. The summed E-state index contributed by atoms with van der Waals surface area (Å²) in [6.45, 7) is 3.39. The fourth-order valence-electron chi connectivity index (χ4n) is 0.748. The molecule has 13 heavy (non-hydrogen) atoms. The maximum Gasteiger partial charge on any atom is 0.405 e. The fraction of sp³-hybridized carbons (Fsp3) is 0.125. The summed E-state index contributed by atoms with van der Waals surface area (Å²) in [6, 6.07) is 4.90. The van der Waals surface area contributed by atoms with Crippen LogP contribution in [0.2, 0.25) is 0 Å². The Bertz CT molecular complexity index is 260.